The first-order valence-corrected chi connectivity index (χ1v) is 5.28. The monoisotopic (exact) mass is 182 g/mol. The molecule has 0 spiro atoms. The van der Waals surface area contributed by atoms with Gasteiger partial charge in [0.05, 0.1) is 0 Å². The molecule has 2 heteroatoms. The molecule has 0 aromatic carbocycles. The molecule has 0 heterocycles. The number of hydrogen-bond acceptors (Lipinski definition) is 2. The molecule has 0 radical (unpaired) electrons. The standard InChI is InChI=1S/C11H18O2/c1-2-10(12)7-3-5-9-6-4-8-11(9)13/h9H,2-8H2,1H3. The van der Waals surface area contributed by atoms with Crippen molar-refractivity contribution in [2.75, 3.05) is 0 Å². The molecule has 0 N–H and O–H groups in total. The average Bonchev–Trinajstić information content (AvgIpc) is 2.52. The van der Waals surface area contributed by atoms with Crippen molar-refractivity contribution in [1.29, 1.82) is 0 Å². The Balaban J connectivity index is 2.12. The lowest BCUT2D eigenvalue weighted by Crippen LogP contribution is -2.06. The van der Waals surface area contributed by atoms with E-state index in [2.05, 4.69) is 0 Å². The van der Waals surface area contributed by atoms with E-state index in [9.17, 15) is 9.59 Å². The molecule has 74 valence electrons. The maximum atomic E-state index is 11.2. The van der Waals surface area contributed by atoms with Gasteiger partial charge in [0.1, 0.15) is 11.6 Å². The molecule has 0 aromatic rings. The zero-order valence-corrected chi connectivity index (χ0v) is 8.34. The van der Waals surface area contributed by atoms with Crippen molar-refractivity contribution in [2.45, 2.75) is 51.9 Å². The average molecular weight is 182 g/mol. The van der Waals surface area contributed by atoms with E-state index < -0.39 is 0 Å². The normalized spacial score (nSPS) is 22.2. The largest absolute Gasteiger partial charge is 0.300 e. The molecule has 1 fully saturated rings. The van der Waals surface area contributed by atoms with Crippen molar-refractivity contribution in [3.63, 3.8) is 0 Å². The van der Waals surface area contributed by atoms with Gasteiger partial charge in [-0.3, -0.25) is 9.59 Å². The Kier molecular flexibility index (Phi) is 4.13. The minimum atomic E-state index is 0.282. The molecular weight excluding hydrogens is 164 g/mol. The molecular formula is C11H18O2. The maximum absolute atomic E-state index is 11.2. The van der Waals surface area contributed by atoms with Crippen LogP contribution in [0.1, 0.15) is 51.9 Å². The van der Waals surface area contributed by atoms with Gasteiger partial charge in [0, 0.05) is 25.2 Å². The lowest BCUT2D eigenvalue weighted by Gasteiger charge is -2.05. The highest BCUT2D eigenvalue weighted by Crippen LogP contribution is 2.25. The number of hydrogen-bond donors (Lipinski definition) is 0. The summed E-state index contributed by atoms with van der Waals surface area (Å²) in [5.41, 5.74) is 0. The van der Waals surface area contributed by atoms with Gasteiger partial charge in [0.25, 0.3) is 0 Å². The SMILES string of the molecule is CCC(=O)CCCC1CCCC1=O. The fourth-order valence-electron chi connectivity index (χ4n) is 1.92. The van der Waals surface area contributed by atoms with Crippen LogP contribution in [-0.2, 0) is 9.59 Å². The third-order valence-corrected chi connectivity index (χ3v) is 2.83. The van der Waals surface area contributed by atoms with Crippen LogP contribution in [0, 0.1) is 5.92 Å². The van der Waals surface area contributed by atoms with Crippen molar-refractivity contribution >= 4 is 11.6 Å². The fraction of sp³-hybridized carbons (Fsp3) is 0.818. The van der Waals surface area contributed by atoms with Gasteiger partial charge in [0.15, 0.2) is 0 Å². The highest BCUT2D eigenvalue weighted by molar-refractivity contribution is 5.83. The summed E-state index contributed by atoms with van der Waals surface area (Å²) >= 11 is 0. The summed E-state index contributed by atoms with van der Waals surface area (Å²) in [6.45, 7) is 1.89. The van der Waals surface area contributed by atoms with E-state index in [1.807, 2.05) is 6.92 Å². The predicted molar refractivity (Wildman–Crippen MR) is 51.5 cm³/mol. The van der Waals surface area contributed by atoms with Crippen LogP contribution in [-0.4, -0.2) is 11.6 Å². The Morgan fingerprint density at radius 3 is 2.85 bits per heavy atom. The Hall–Kier alpha value is -0.660. The van der Waals surface area contributed by atoms with Gasteiger partial charge in [0.2, 0.25) is 0 Å². The van der Waals surface area contributed by atoms with Crippen molar-refractivity contribution in [3.05, 3.63) is 0 Å². The van der Waals surface area contributed by atoms with Crippen molar-refractivity contribution in [2.24, 2.45) is 5.92 Å². The van der Waals surface area contributed by atoms with E-state index in [0.717, 1.165) is 32.1 Å². The van der Waals surface area contributed by atoms with Crippen LogP contribution in [0.15, 0.2) is 0 Å². The number of carbonyl (C=O) groups excluding carboxylic acids is 2. The van der Waals surface area contributed by atoms with Gasteiger partial charge in [-0.25, -0.2) is 0 Å². The van der Waals surface area contributed by atoms with Crippen LogP contribution in [0.4, 0.5) is 0 Å². The van der Waals surface area contributed by atoms with E-state index in [1.165, 1.54) is 0 Å². The Morgan fingerprint density at radius 1 is 1.54 bits per heavy atom. The summed E-state index contributed by atoms with van der Waals surface area (Å²) in [4.78, 5) is 22.2. The first-order chi connectivity index (χ1) is 6.24. The van der Waals surface area contributed by atoms with Crippen molar-refractivity contribution in [3.8, 4) is 0 Å². The first kappa shape index (κ1) is 10.4. The van der Waals surface area contributed by atoms with E-state index in [4.69, 9.17) is 0 Å². The van der Waals surface area contributed by atoms with Gasteiger partial charge < -0.3 is 0 Å². The maximum Gasteiger partial charge on any atom is 0.135 e. The Morgan fingerprint density at radius 2 is 2.31 bits per heavy atom. The molecule has 1 atom stereocenters. The topological polar surface area (TPSA) is 34.1 Å². The second-order valence-electron chi connectivity index (χ2n) is 3.84. The second kappa shape index (κ2) is 5.15. The van der Waals surface area contributed by atoms with Crippen molar-refractivity contribution < 1.29 is 9.59 Å². The Labute approximate surface area is 79.7 Å². The molecule has 0 amide bonds. The van der Waals surface area contributed by atoms with Crippen LogP contribution < -0.4 is 0 Å². The van der Waals surface area contributed by atoms with Crippen LogP contribution in [0.5, 0.6) is 0 Å². The zero-order valence-electron chi connectivity index (χ0n) is 8.34. The molecule has 1 aliphatic rings. The number of rotatable bonds is 5. The fourth-order valence-corrected chi connectivity index (χ4v) is 1.92. The molecule has 1 saturated carbocycles. The highest BCUT2D eigenvalue weighted by atomic mass is 16.1. The molecule has 1 aliphatic carbocycles. The molecule has 1 unspecified atom stereocenters. The predicted octanol–water partition coefficient (Wildman–Crippen LogP) is 2.51. The minimum absolute atomic E-state index is 0.282. The summed E-state index contributed by atoms with van der Waals surface area (Å²) in [7, 11) is 0. The molecule has 13 heavy (non-hydrogen) atoms. The number of Topliss-reactive ketones (excluding diaryl/α,β-unsaturated/α-hetero) is 2. The van der Waals surface area contributed by atoms with Crippen LogP contribution in [0.3, 0.4) is 0 Å². The van der Waals surface area contributed by atoms with E-state index in [-0.39, 0.29) is 5.92 Å². The summed E-state index contributed by atoms with van der Waals surface area (Å²) in [6.07, 6.45) is 6.03. The van der Waals surface area contributed by atoms with Gasteiger partial charge in [-0.15, -0.1) is 0 Å². The van der Waals surface area contributed by atoms with Crippen LogP contribution in [0.2, 0.25) is 0 Å². The van der Waals surface area contributed by atoms with E-state index in [1.54, 1.807) is 0 Å². The summed E-state index contributed by atoms with van der Waals surface area (Å²) in [6, 6.07) is 0. The zero-order chi connectivity index (χ0) is 9.68. The molecule has 0 aromatic heterocycles. The molecule has 0 bridgehead atoms. The van der Waals surface area contributed by atoms with Crippen LogP contribution >= 0.6 is 0 Å². The van der Waals surface area contributed by atoms with E-state index in [0.29, 0.717) is 24.4 Å². The number of carbonyl (C=O) groups is 2. The van der Waals surface area contributed by atoms with Gasteiger partial charge in [-0.05, 0) is 25.7 Å². The van der Waals surface area contributed by atoms with E-state index >= 15 is 0 Å². The highest BCUT2D eigenvalue weighted by Gasteiger charge is 2.23. The Bertz CT molecular complexity index is 196. The quantitative estimate of drug-likeness (QED) is 0.654. The van der Waals surface area contributed by atoms with Gasteiger partial charge in [-0.2, -0.15) is 0 Å². The third-order valence-electron chi connectivity index (χ3n) is 2.83. The van der Waals surface area contributed by atoms with Crippen molar-refractivity contribution in [1.82, 2.24) is 0 Å². The van der Waals surface area contributed by atoms with Crippen LogP contribution in [0.25, 0.3) is 0 Å². The molecule has 1 rings (SSSR count). The summed E-state index contributed by atoms with van der Waals surface area (Å²) < 4.78 is 0. The lowest BCUT2D eigenvalue weighted by atomic mass is 9.98. The molecule has 2 nitrogen and oxygen atoms in total. The summed E-state index contributed by atoms with van der Waals surface area (Å²) in [5, 5.41) is 0. The minimum Gasteiger partial charge on any atom is -0.300 e. The smallest absolute Gasteiger partial charge is 0.135 e. The first-order valence-electron chi connectivity index (χ1n) is 5.28. The molecule has 0 saturated heterocycles. The van der Waals surface area contributed by atoms with Gasteiger partial charge >= 0.3 is 0 Å². The lowest BCUT2D eigenvalue weighted by molar-refractivity contribution is -0.122. The van der Waals surface area contributed by atoms with Gasteiger partial charge in [-0.1, -0.05) is 6.92 Å². The molecule has 0 aliphatic heterocycles. The third kappa shape index (κ3) is 3.29. The second-order valence-corrected chi connectivity index (χ2v) is 3.84. The summed E-state index contributed by atoms with van der Waals surface area (Å²) in [5.74, 6) is 1.03. The number of ketones is 2.